The van der Waals surface area contributed by atoms with Crippen LogP contribution in [0.25, 0.3) is 0 Å². The van der Waals surface area contributed by atoms with Gasteiger partial charge in [-0.2, -0.15) is 5.10 Å². The molecule has 0 aromatic carbocycles. The largest absolute Gasteiger partial charge is 0.462 e. The number of amides is 1. The molecule has 18 heavy (non-hydrogen) atoms. The summed E-state index contributed by atoms with van der Waals surface area (Å²) in [6, 6.07) is 0. The summed E-state index contributed by atoms with van der Waals surface area (Å²) in [6.45, 7) is 2.72. The molecule has 1 rings (SSSR count). The maximum atomic E-state index is 11.4. The molecule has 0 saturated carbocycles. The summed E-state index contributed by atoms with van der Waals surface area (Å²) in [4.78, 5) is 24.3. The maximum Gasteiger partial charge on any atom is 0.341 e. The number of hydrogen-bond acceptors (Lipinski definition) is 4. The Morgan fingerprint density at radius 2 is 2.17 bits per heavy atom. The molecule has 0 aliphatic carbocycles. The predicted molar refractivity (Wildman–Crippen MR) is 66.1 cm³/mol. The fourth-order valence-corrected chi connectivity index (χ4v) is 1.42. The first-order valence-electron chi connectivity index (χ1n) is 5.94. The SMILES string of the molecule is CCOC(=O)c1cnn(CCCC(=O)N(C)C)c1. The number of nitrogens with zero attached hydrogens (tertiary/aromatic N) is 3. The van der Waals surface area contributed by atoms with Gasteiger partial charge < -0.3 is 9.64 Å². The molecule has 0 bridgehead atoms. The summed E-state index contributed by atoms with van der Waals surface area (Å²) in [5.41, 5.74) is 0.441. The van der Waals surface area contributed by atoms with Crippen LogP contribution in [0, 0.1) is 0 Å². The van der Waals surface area contributed by atoms with Gasteiger partial charge in [-0.25, -0.2) is 4.79 Å². The van der Waals surface area contributed by atoms with Gasteiger partial charge in [-0.05, 0) is 13.3 Å². The maximum absolute atomic E-state index is 11.4. The van der Waals surface area contributed by atoms with Gasteiger partial charge in [0.25, 0.3) is 0 Å². The van der Waals surface area contributed by atoms with Gasteiger partial charge in [0, 0.05) is 33.3 Å². The van der Waals surface area contributed by atoms with Gasteiger partial charge in [0.1, 0.15) is 0 Å². The second kappa shape index (κ2) is 6.78. The minimum Gasteiger partial charge on any atom is -0.462 e. The Morgan fingerprint density at radius 1 is 1.44 bits per heavy atom. The summed E-state index contributed by atoms with van der Waals surface area (Å²) in [6.07, 6.45) is 4.28. The van der Waals surface area contributed by atoms with Gasteiger partial charge in [-0.1, -0.05) is 0 Å². The Balaban J connectivity index is 2.40. The quantitative estimate of drug-likeness (QED) is 0.707. The Kier molecular flexibility index (Phi) is 5.35. The molecular formula is C12H19N3O3. The molecule has 0 fully saturated rings. The molecule has 6 nitrogen and oxygen atoms in total. The number of rotatable bonds is 6. The number of aromatic nitrogens is 2. The van der Waals surface area contributed by atoms with Crippen molar-refractivity contribution >= 4 is 11.9 Å². The fourth-order valence-electron chi connectivity index (χ4n) is 1.42. The van der Waals surface area contributed by atoms with Gasteiger partial charge >= 0.3 is 5.97 Å². The van der Waals surface area contributed by atoms with E-state index in [9.17, 15) is 9.59 Å². The lowest BCUT2D eigenvalue weighted by Gasteiger charge is -2.09. The van der Waals surface area contributed by atoms with E-state index in [1.54, 1.807) is 36.8 Å². The number of carbonyl (C=O) groups excluding carboxylic acids is 2. The van der Waals surface area contributed by atoms with Crippen molar-refractivity contribution < 1.29 is 14.3 Å². The minimum absolute atomic E-state index is 0.0905. The third-order valence-corrected chi connectivity index (χ3v) is 2.42. The van der Waals surface area contributed by atoms with Crippen molar-refractivity contribution in [1.82, 2.24) is 14.7 Å². The Hall–Kier alpha value is -1.85. The van der Waals surface area contributed by atoms with Crippen LogP contribution in [0.5, 0.6) is 0 Å². The monoisotopic (exact) mass is 253 g/mol. The van der Waals surface area contributed by atoms with E-state index in [4.69, 9.17) is 4.74 Å². The van der Waals surface area contributed by atoms with Crippen LogP contribution in [-0.2, 0) is 16.1 Å². The van der Waals surface area contributed by atoms with Crippen LogP contribution in [0.2, 0.25) is 0 Å². The third kappa shape index (κ3) is 4.20. The van der Waals surface area contributed by atoms with Crippen molar-refractivity contribution in [2.45, 2.75) is 26.3 Å². The molecule has 6 heteroatoms. The first kappa shape index (κ1) is 14.2. The lowest BCUT2D eigenvalue weighted by molar-refractivity contribution is -0.128. The van der Waals surface area contributed by atoms with E-state index >= 15 is 0 Å². The van der Waals surface area contributed by atoms with E-state index in [2.05, 4.69) is 5.10 Å². The molecule has 0 atom stereocenters. The molecule has 1 aromatic heterocycles. The fraction of sp³-hybridized carbons (Fsp3) is 0.583. The zero-order chi connectivity index (χ0) is 13.5. The highest BCUT2D eigenvalue weighted by Crippen LogP contribution is 2.03. The van der Waals surface area contributed by atoms with Crippen molar-refractivity contribution in [1.29, 1.82) is 0 Å². The molecular weight excluding hydrogens is 234 g/mol. The Morgan fingerprint density at radius 3 is 2.78 bits per heavy atom. The molecule has 0 aliphatic rings. The zero-order valence-corrected chi connectivity index (χ0v) is 11.0. The predicted octanol–water partition coefficient (Wildman–Crippen LogP) is 0.928. The van der Waals surface area contributed by atoms with E-state index in [1.807, 2.05) is 0 Å². The summed E-state index contributed by atoms with van der Waals surface area (Å²) < 4.78 is 6.51. The molecule has 1 aromatic rings. The van der Waals surface area contributed by atoms with Gasteiger partial charge in [-0.15, -0.1) is 0 Å². The lowest BCUT2D eigenvalue weighted by Crippen LogP contribution is -2.21. The van der Waals surface area contributed by atoms with Gasteiger partial charge in [0.15, 0.2) is 0 Å². The molecule has 0 radical (unpaired) electrons. The average Bonchev–Trinajstić information content (AvgIpc) is 2.78. The molecule has 0 N–H and O–H groups in total. The summed E-state index contributed by atoms with van der Waals surface area (Å²) in [5, 5.41) is 4.05. The number of carbonyl (C=O) groups is 2. The Labute approximate surface area is 107 Å². The highest BCUT2D eigenvalue weighted by molar-refractivity contribution is 5.88. The minimum atomic E-state index is -0.367. The number of aryl methyl sites for hydroxylation is 1. The van der Waals surface area contributed by atoms with Crippen molar-refractivity contribution in [3.63, 3.8) is 0 Å². The molecule has 1 heterocycles. The second-order valence-electron chi connectivity index (χ2n) is 4.10. The molecule has 1 amide bonds. The topological polar surface area (TPSA) is 64.4 Å². The second-order valence-corrected chi connectivity index (χ2v) is 4.10. The molecule has 0 unspecified atom stereocenters. The molecule has 0 spiro atoms. The van der Waals surface area contributed by atoms with E-state index in [0.717, 1.165) is 0 Å². The summed E-state index contributed by atoms with van der Waals surface area (Å²) >= 11 is 0. The summed E-state index contributed by atoms with van der Waals surface area (Å²) in [5.74, 6) is -0.277. The lowest BCUT2D eigenvalue weighted by atomic mass is 10.3. The average molecular weight is 253 g/mol. The highest BCUT2D eigenvalue weighted by atomic mass is 16.5. The number of hydrogen-bond donors (Lipinski definition) is 0. The van der Waals surface area contributed by atoms with Crippen LogP contribution in [0.1, 0.15) is 30.1 Å². The van der Waals surface area contributed by atoms with Crippen molar-refractivity contribution in [3.8, 4) is 0 Å². The third-order valence-electron chi connectivity index (χ3n) is 2.42. The zero-order valence-electron chi connectivity index (χ0n) is 11.0. The van der Waals surface area contributed by atoms with Gasteiger partial charge in [0.05, 0.1) is 18.4 Å². The molecule has 0 saturated heterocycles. The van der Waals surface area contributed by atoms with E-state index < -0.39 is 0 Å². The molecule has 0 aliphatic heterocycles. The van der Waals surface area contributed by atoms with Crippen LogP contribution < -0.4 is 0 Å². The van der Waals surface area contributed by atoms with Crippen LogP contribution in [0.3, 0.4) is 0 Å². The molecule has 100 valence electrons. The van der Waals surface area contributed by atoms with Crippen LogP contribution >= 0.6 is 0 Å². The van der Waals surface area contributed by atoms with E-state index in [-0.39, 0.29) is 11.9 Å². The number of ether oxygens (including phenoxy) is 1. The van der Waals surface area contributed by atoms with E-state index in [0.29, 0.717) is 31.6 Å². The van der Waals surface area contributed by atoms with Gasteiger partial charge in [-0.3, -0.25) is 9.48 Å². The van der Waals surface area contributed by atoms with Crippen molar-refractivity contribution in [3.05, 3.63) is 18.0 Å². The van der Waals surface area contributed by atoms with Crippen molar-refractivity contribution in [2.24, 2.45) is 0 Å². The van der Waals surface area contributed by atoms with Crippen LogP contribution in [0.4, 0.5) is 0 Å². The van der Waals surface area contributed by atoms with Crippen LogP contribution in [-0.4, -0.2) is 47.3 Å². The van der Waals surface area contributed by atoms with Gasteiger partial charge in [0.2, 0.25) is 5.91 Å². The van der Waals surface area contributed by atoms with Crippen molar-refractivity contribution in [2.75, 3.05) is 20.7 Å². The summed E-state index contributed by atoms with van der Waals surface area (Å²) in [7, 11) is 3.46. The number of esters is 1. The first-order valence-corrected chi connectivity index (χ1v) is 5.94. The normalized spacial score (nSPS) is 10.2. The standard InChI is InChI=1S/C12H19N3O3/c1-4-18-12(17)10-8-13-15(9-10)7-5-6-11(16)14(2)3/h8-9H,4-7H2,1-3H3. The van der Waals surface area contributed by atoms with Crippen LogP contribution in [0.15, 0.2) is 12.4 Å². The van der Waals surface area contributed by atoms with E-state index in [1.165, 1.54) is 6.20 Å². The smallest absolute Gasteiger partial charge is 0.341 e. The Bertz CT molecular complexity index is 412. The first-order chi connectivity index (χ1) is 8.54. The highest BCUT2D eigenvalue weighted by Gasteiger charge is 2.09.